The van der Waals surface area contributed by atoms with E-state index < -0.39 is 34.5 Å². The van der Waals surface area contributed by atoms with Gasteiger partial charge >= 0.3 is 0 Å². The Morgan fingerprint density at radius 3 is 2.57 bits per heavy atom. The van der Waals surface area contributed by atoms with Crippen molar-refractivity contribution < 1.29 is 23.1 Å². The summed E-state index contributed by atoms with van der Waals surface area (Å²) in [6.07, 6.45) is 2.78. The molecule has 2 heterocycles. The summed E-state index contributed by atoms with van der Waals surface area (Å²) in [5.74, 6) is -4.06. The summed E-state index contributed by atoms with van der Waals surface area (Å²) in [7, 11) is 0. The minimum Gasteiger partial charge on any atom is -0.487 e. The van der Waals surface area contributed by atoms with Crippen molar-refractivity contribution in [3.63, 3.8) is 0 Å². The molecule has 0 unspecified atom stereocenters. The zero-order chi connectivity index (χ0) is 21.3. The second-order valence-electron chi connectivity index (χ2n) is 6.52. The van der Waals surface area contributed by atoms with Crippen molar-refractivity contribution in [2.75, 3.05) is 0 Å². The van der Waals surface area contributed by atoms with E-state index in [0.717, 1.165) is 17.7 Å². The van der Waals surface area contributed by atoms with Gasteiger partial charge in [0.25, 0.3) is 5.91 Å². The lowest BCUT2D eigenvalue weighted by Crippen LogP contribution is -2.17. The Bertz CT molecular complexity index is 1270. The predicted octanol–water partition coefficient (Wildman–Crippen LogP) is 3.75. The van der Waals surface area contributed by atoms with Crippen molar-refractivity contribution in [2.45, 2.75) is 6.61 Å². The van der Waals surface area contributed by atoms with E-state index in [9.17, 15) is 18.4 Å². The molecule has 0 spiro atoms. The number of aromatic amines is 1. The Kier molecular flexibility index (Phi) is 4.97. The number of rotatable bonds is 6. The number of aromatic nitrogens is 2. The summed E-state index contributed by atoms with van der Waals surface area (Å²) in [6, 6.07) is 12.7. The van der Waals surface area contributed by atoms with Gasteiger partial charge in [0.2, 0.25) is 5.78 Å². The number of ether oxygens (including phenoxy) is 1. The Hall–Kier alpha value is -4.07. The molecule has 2 aromatic heterocycles. The van der Waals surface area contributed by atoms with Crippen LogP contribution in [0.15, 0.2) is 60.9 Å². The number of carbonyl (C=O) groups is 2. The van der Waals surface area contributed by atoms with E-state index in [1.165, 1.54) is 12.4 Å². The van der Waals surface area contributed by atoms with Crippen LogP contribution in [0.4, 0.5) is 8.78 Å². The van der Waals surface area contributed by atoms with Crippen LogP contribution in [-0.2, 0) is 6.61 Å². The second kappa shape index (κ2) is 7.75. The molecule has 4 rings (SSSR count). The van der Waals surface area contributed by atoms with Gasteiger partial charge in [-0.1, -0.05) is 30.3 Å². The van der Waals surface area contributed by atoms with Crippen molar-refractivity contribution in [2.24, 2.45) is 5.73 Å². The van der Waals surface area contributed by atoms with Gasteiger partial charge in [0.1, 0.15) is 29.6 Å². The number of hydrogen-bond acceptors (Lipinski definition) is 4. The molecule has 1 amide bonds. The molecular weight excluding hydrogens is 392 g/mol. The third-order valence-electron chi connectivity index (χ3n) is 4.58. The highest BCUT2D eigenvalue weighted by atomic mass is 19.1. The molecule has 150 valence electrons. The smallest absolute Gasteiger partial charge is 0.251 e. The highest BCUT2D eigenvalue weighted by Crippen LogP contribution is 2.27. The van der Waals surface area contributed by atoms with E-state index in [-0.39, 0.29) is 12.2 Å². The number of H-pyrrole nitrogens is 1. The Morgan fingerprint density at radius 1 is 1.07 bits per heavy atom. The summed E-state index contributed by atoms with van der Waals surface area (Å²) in [5.41, 5.74) is 4.95. The number of benzene rings is 2. The lowest BCUT2D eigenvalue weighted by Gasteiger charge is -2.08. The van der Waals surface area contributed by atoms with Gasteiger partial charge in [-0.25, -0.2) is 13.8 Å². The fourth-order valence-corrected chi connectivity index (χ4v) is 3.08. The Labute approximate surface area is 169 Å². The number of halogens is 2. The number of hydrogen-bond donors (Lipinski definition) is 2. The predicted molar refractivity (Wildman–Crippen MR) is 105 cm³/mol. The number of nitrogens with one attached hydrogen (secondary N) is 1. The number of nitrogens with two attached hydrogens (primary N) is 1. The lowest BCUT2D eigenvalue weighted by atomic mass is 9.99. The summed E-state index contributed by atoms with van der Waals surface area (Å²) >= 11 is 0. The molecule has 4 aromatic rings. The maximum Gasteiger partial charge on any atom is 0.251 e. The summed E-state index contributed by atoms with van der Waals surface area (Å²) < 4.78 is 34.6. The number of ketones is 1. The second-order valence-corrected chi connectivity index (χ2v) is 6.52. The van der Waals surface area contributed by atoms with E-state index in [1.807, 2.05) is 30.3 Å². The third kappa shape index (κ3) is 3.50. The number of nitrogens with zero attached hydrogens (tertiary/aromatic N) is 1. The van der Waals surface area contributed by atoms with Crippen LogP contribution in [0.25, 0.3) is 11.0 Å². The molecule has 0 bridgehead atoms. The first-order valence-electron chi connectivity index (χ1n) is 8.92. The molecule has 3 N–H and O–H groups in total. The molecule has 0 aliphatic carbocycles. The SMILES string of the molecule is NC(=O)c1ccc(F)c(C(=O)c2c[nH]c3ncc(OCc4ccccc4)cc23)c1F. The molecule has 0 aliphatic heterocycles. The number of pyridine rings is 1. The first kappa shape index (κ1) is 19.3. The van der Waals surface area contributed by atoms with Gasteiger partial charge in [-0.15, -0.1) is 0 Å². The minimum absolute atomic E-state index is 0.0120. The quantitative estimate of drug-likeness (QED) is 0.476. The number of amides is 1. The lowest BCUT2D eigenvalue weighted by molar-refractivity contribution is 0.0996. The van der Waals surface area contributed by atoms with Crippen LogP contribution in [0.2, 0.25) is 0 Å². The first-order chi connectivity index (χ1) is 14.5. The average Bonchev–Trinajstić information content (AvgIpc) is 3.16. The van der Waals surface area contributed by atoms with Crippen LogP contribution in [0.5, 0.6) is 5.75 Å². The molecule has 0 aliphatic rings. The maximum atomic E-state index is 14.6. The summed E-state index contributed by atoms with van der Waals surface area (Å²) in [6.45, 7) is 0.283. The van der Waals surface area contributed by atoms with Crippen LogP contribution in [0, 0.1) is 11.6 Å². The van der Waals surface area contributed by atoms with Gasteiger partial charge in [-0.05, 0) is 23.8 Å². The topological polar surface area (TPSA) is 98.1 Å². The average molecular weight is 407 g/mol. The zero-order valence-corrected chi connectivity index (χ0v) is 15.5. The highest BCUT2D eigenvalue weighted by molar-refractivity contribution is 6.17. The molecule has 0 atom stereocenters. The number of primary amides is 1. The largest absolute Gasteiger partial charge is 0.487 e. The maximum absolute atomic E-state index is 14.6. The van der Waals surface area contributed by atoms with Crippen LogP contribution in [0.3, 0.4) is 0 Å². The van der Waals surface area contributed by atoms with Gasteiger partial charge in [-0.2, -0.15) is 0 Å². The van der Waals surface area contributed by atoms with E-state index >= 15 is 0 Å². The van der Waals surface area contributed by atoms with Crippen molar-refractivity contribution in [3.05, 3.63) is 94.8 Å². The van der Waals surface area contributed by atoms with Gasteiger partial charge in [-0.3, -0.25) is 9.59 Å². The zero-order valence-electron chi connectivity index (χ0n) is 15.5. The monoisotopic (exact) mass is 407 g/mol. The Balaban J connectivity index is 1.70. The van der Waals surface area contributed by atoms with Crippen LogP contribution < -0.4 is 10.5 Å². The standard InChI is InChI=1S/C22H15F2N3O3/c23-17-7-6-14(21(25)29)19(24)18(17)20(28)16-10-27-22-15(16)8-13(9-26-22)30-11-12-4-2-1-3-5-12/h1-10H,11H2,(H2,25,29)(H,26,27). The molecular formula is C22H15F2N3O3. The Morgan fingerprint density at radius 2 is 1.83 bits per heavy atom. The minimum atomic E-state index is -1.30. The molecule has 8 heteroatoms. The molecule has 6 nitrogen and oxygen atoms in total. The fraction of sp³-hybridized carbons (Fsp3) is 0.0455. The molecule has 0 saturated heterocycles. The molecule has 30 heavy (non-hydrogen) atoms. The molecule has 0 saturated carbocycles. The van der Waals surface area contributed by atoms with Gasteiger partial charge in [0.05, 0.1) is 17.3 Å². The summed E-state index contributed by atoms with van der Waals surface area (Å²) in [4.78, 5) is 31.2. The highest BCUT2D eigenvalue weighted by Gasteiger charge is 2.25. The van der Waals surface area contributed by atoms with Crippen molar-refractivity contribution in [3.8, 4) is 5.75 Å². The van der Waals surface area contributed by atoms with Crippen molar-refractivity contribution in [1.82, 2.24) is 9.97 Å². The van der Waals surface area contributed by atoms with Crippen LogP contribution in [0.1, 0.15) is 31.8 Å². The normalized spacial score (nSPS) is 10.9. The first-order valence-corrected chi connectivity index (χ1v) is 8.92. The van der Waals surface area contributed by atoms with E-state index in [4.69, 9.17) is 10.5 Å². The van der Waals surface area contributed by atoms with Crippen LogP contribution >= 0.6 is 0 Å². The van der Waals surface area contributed by atoms with Crippen molar-refractivity contribution >= 4 is 22.7 Å². The van der Waals surface area contributed by atoms with Gasteiger partial charge < -0.3 is 15.5 Å². The summed E-state index contributed by atoms with van der Waals surface area (Å²) in [5, 5.41) is 0.328. The van der Waals surface area contributed by atoms with Crippen molar-refractivity contribution in [1.29, 1.82) is 0 Å². The van der Waals surface area contributed by atoms with Gasteiger partial charge in [0.15, 0.2) is 0 Å². The van der Waals surface area contributed by atoms with E-state index in [2.05, 4.69) is 9.97 Å². The third-order valence-corrected chi connectivity index (χ3v) is 4.58. The number of carbonyl (C=O) groups excluding carboxylic acids is 2. The molecule has 0 radical (unpaired) electrons. The van der Waals surface area contributed by atoms with E-state index in [0.29, 0.717) is 16.8 Å². The van der Waals surface area contributed by atoms with Crippen LogP contribution in [-0.4, -0.2) is 21.7 Å². The fourth-order valence-electron chi connectivity index (χ4n) is 3.08. The number of fused-ring (bicyclic) bond motifs is 1. The molecule has 2 aromatic carbocycles. The van der Waals surface area contributed by atoms with Gasteiger partial charge in [0, 0.05) is 17.1 Å². The van der Waals surface area contributed by atoms with E-state index in [1.54, 1.807) is 6.07 Å². The molecule has 0 fully saturated rings.